The van der Waals surface area contributed by atoms with Gasteiger partial charge < -0.3 is 5.32 Å². The zero-order valence-electron chi connectivity index (χ0n) is 13.1. The van der Waals surface area contributed by atoms with Crippen LogP contribution in [0, 0.1) is 5.82 Å². The van der Waals surface area contributed by atoms with Crippen molar-refractivity contribution in [3.05, 3.63) is 47.8 Å². The maximum Gasteiger partial charge on any atom is 0.416 e. The van der Waals surface area contributed by atoms with Gasteiger partial charge in [0, 0.05) is 32.2 Å². The Morgan fingerprint density at radius 1 is 1.21 bits per heavy atom. The van der Waals surface area contributed by atoms with Crippen LogP contribution in [0.25, 0.3) is 0 Å². The number of rotatable bonds is 5. The lowest BCUT2D eigenvalue weighted by Crippen LogP contribution is -2.45. The number of nitrogens with zero attached hydrogens (tertiary/aromatic N) is 1. The van der Waals surface area contributed by atoms with Crippen molar-refractivity contribution in [2.75, 3.05) is 26.2 Å². The van der Waals surface area contributed by atoms with Gasteiger partial charge in [-0.05, 0) is 36.6 Å². The third-order valence-corrected chi connectivity index (χ3v) is 3.91. The van der Waals surface area contributed by atoms with Crippen LogP contribution in [-0.4, -0.2) is 31.1 Å². The van der Waals surface area contributed by atoms with Crippen LogP contribution < -0.4 is 5.32 Å². The minimum absolute atomic E-state index is 0. The molecule has 0 spiro atoms. The monoisotopic (exact) mass is 388 g/mol. The molecule has 0 bridgehead atoms. The highest BCUT2D eigenvalue weighted by molar-refractivity contribution is 5.85. The van der Waals surface area contributed by atoms with Gasteiger partial charge in [-0.15, -0.1) is 31.4 Å². The lowest BCUT2D eigenvalue weighted by Gasteiger charge is -2.36. The summed E-state index contributed by atoms with van der Waals surface area (Å²) in [6.45, 7) is 6.38. The van der Waals surface area contributed by atoms with Crippen LogP contribution in [0.4, 0.5) is 17.6 Å². The first-order valence-electron chi connectivity index (χ1n) is 7.36. The minimum Gasteiger partial charge on any atom is -0.314 e. The van der Waals surface area contributed by atoms with Crippen molar-refractivity contribution in [1.82, 2.24) is 10.2 Å². The van der Waals surface area contributed by atoms with E-state index in [0.29, 0.717) is 25.9 Å². The predicted octanol–water partition coefficient (Wildman–Crippen LogP) is 4.60. The SMILES string of the molecule is C=CCC[C@H](c1cc(F)ccc1C(F)(F)F)N1CCNCC1.Cl.Cl. The summed E-state index contributed by atoms with van der Waals surface area (Å²) in [6.07, 6.45) is -1.72. The number of allylic oxidation sites excluding steroid dienone is 1. The first-order valence-corrected chi connectivity index (χ1v) is 7.36. The molecule has 1 atom stereocenters. The number of alkyl halides is 3. The molecule has 0 radical (unpaired) electrons. The normalized spacial score (nSPS) is 16.7. The molecule has 1 fully saturated rings. The van der Waals surface area contributed by atoms with E-state index in [-0.39, 0.29) is 30.4 Å². The lowest BCUT2D eigenvalue weighted by molar-refractivity contribution is -0.138. The number of halogens is 6. The summed E-state index contributed by atoms with van der Waals surface area (Å²) >= 11 is 0. The molecular weight excluding hydrogens is 367 g/mol. The van der Waals surface area contributed by atoms with Crippen molar-refractivity contribution in [3.63, 3.8) is 0 Å². The van der Waals surface area contributed by atoms with Crippen LogP contribution in [0.15, 0.2) is 30.9 Å². The van der Waals surface area contributed by atoms with Crippen LogP contribution in [-0.2, 0) is 6.18 Å². The van der Waals surface area contributed by atoms with E-state index in [2.05, 4.69) is 11.9 Å². The van der Waals surface area contributed by atoms with E-state index in [4.69, 9.17) is 0 Å². The highest BCUT2D eigenvalue weighted by atomic mass is 35.5. The van der Waals surface area contributed by atoms with E-state index < -0.39 is 23.6 Å². The van der Waals surface area contributed by atoms with Crippen molar-refractivity contribution in [1.29, 1.82) is 0 Å². The number of hydrogen-bond donors (Lipinski definition) is 1. The van der Waals surface area contributed by atoms with E-state index in [1.54, 1.807) is 6.08 Å². The molecule has 0 aromatic heterocycles. The molecule has 0 amide bonds. The van der Waals surface area contributed by atoms with Crippen LogP contribution >= 0.6 is 24.8 Å². The van der Waals surface area contributed by atoms with Gasteiger partial charge in [-0.25, -0.2) is 4.39 Å². The fourth-order valence-corrected chi connectivity index (χ4v) is 2.87. The predicted molar refractivity (Wildman–Crippen MR) is 92.5 cm³/mol. The zero-order valence-corrected chi connectivity index (χ0v) is 14.7. The Bertz CT molecular complexity index is 517. The average Bonchev–Trinajstić information content (AvgIpc) is 2.47. The van der Waals surface area contributed by atoms with Gasteiger partial charge in [-0.3, -0.25) is 4.90 Å². The molecule has 1 aromatic carbocycles. The average molecular weight is 389 g/mol. The van der Waals surface area contributed by atoms with E-state index in [9.17, 15) is 17.6 Å². The second-order valence-electron chi connectivity index (χ2n) is 5.40. The zero-order chi connectivity index (χ0) is 16.2. The largest absolute Gasteiger partial charge is 0.416 e. The summed E-state index contributed by atoms with van der Waals surface area (Å²) in [4.78, 5) is 1.99. The van der Waals surface area contributed by atoms with Gasteiger partial charge in [-0.2, -0.15) is 13.2 Å². The minimum atomic E-state index is -4.48. The van der Waals surface area contributed by atoms with Crippen molar-refractivity contribution >= 4 is 24.8 Å². The van der Waals surface area contributed by atoms with E-state index in [1.807, 2.05) is 4.90 Å². The topological polar surface area (TPSA) is 15.3 Å². The Hall–Kier alpha value is -0.820. The maximum atomic E-state index is 13.6. The molecule has 0 saturated carbocycles. The fraction of sp³-hybridized carbons (Fsp3) is 0.500. The highest BCUT2D eigenvalue weighted by Gasteiger charge is 2.36. The summed E-state index contributed by atoms with van der Waals surface area (Å²) in [7, 11) is 0. The van der Waals surface area contributed by atoms with Crippen molar-refractivity contribution in [2.45, 2.75) is 25.1 Å². The van der Waals surface area contributed by atoms with Crippen LogP contribution in [0.1, 0.15) is 30.0 Å². The van der Waals surface area contributed by atoms with Crippen molar-refractivity contribution in [3.8, 4) is 0 Å². The van der Waals surface area contributed by atoms with Gasteiger partial charge in [-0.1, -0.05) is 6.08 Å². The number of hydrogen-bond acceptors (Lipinski definition) is 2. The Balaban J connectivity index is 0.00000264. The molecule has 0 unspecified atom stereocenters. The van der Waals surface area contributed by atoms with Gasteiger partial charge >= 0.3 is 6.18 Å². The summed E-state index contributed by atoms with van der Waals surface area (Å²) in [6, 6.07) is 2.29. The summed E-state index contributed by atoms with van der Waals surface area (Å²) < 4.78 is 53.3. The molecule has 1 heterocycles. The molecule has 1 saturated heterocycles. The molecule has 138 valence electrons. The first-order chi connectivity index (χ1) is 10.4. The van der Waals surface area contributed by atoms with E-state index in [1.165, 1.54) is 0 Å². The maximum absolute atomic E-state index is 13.6. The molecular formula is C16H22Cl2F4N2. The molecule has 1 aliphatic heterocycles. The number of piperazine rings is 1. The van der Waals surface area contributed by atoms with Gasteiger partial charge in [0.2, 0.25) is 0 Å². The van der Waals surface area contributed by atoms with E-state index in [0.717, 1.165) is 31.3 Å². The van der Waals surface area contributed by atoms with Gasteiger partial charge in [0.15, 0.2) is 0 Å². The molecule has 1 N–H and O–H groups in total. The second kappa shape index (κ2) is 10.2. The Morgan fingerprint density at radius 2 is 1.83 bits per heavy atom. The van der Waals surface area contributed by atoms with Gasteiger partial charge in [0.25, 0.3) is 0 Å². The molecule has 2 nitrogen and oxygen atoms in total. The van der Waals surface area contributed by atoms with Gasteiger partial charge in [0.1, 0.15) is 5.82 Å². The first kappa shape index (κ1) is 23.2. The summed E-state index contributed by atoms with van der Waals surface area (Å²) in [5, 5.41) is 3.18. The Labute approximate surface area is 152 Å². The molecule has 1 aromatic rings. The third kappa shape index (κ3) is 5.92. The molecule has 0 aliphatic carbocycles. The number of nitrogens with one attached hydrogen (secondary N) is 1. The summed E-state index contributed by atoms with van der Waals surface area (Å²) in [5.41, 5.74) is -0.724. The summed E-state index contributed by atoms with van der Waals surface area (Å²) in [5.74, 6) is -0.637. The van der Waals surface area contributed by atoms with Crippen LogP contribution in [0.5, 0.6) is 0 Å². The third-order valence-electron chi connectivity index (χ3n) is 3.91. The molecule has 24 heavy (non-hydrogen) atoms. The molecule has 1 aliphatic rings. The Morgan fingerprint density at radius 3 is 2.38 bits per heavy atom. The van der Waals surface area contributed by atoms with Crippen molar-refractivity contribution in [2.24, 2.45) is 0 Å². The smallest absolute Gasteiger partial charge is 0.314 e. The highest BCUT2D eigenvalue weighted by Crippen LogP contribution is 2.38. The number of benzene rings is 1. The fourth-order valence-electron chi connectivity index (χ4n) is 2.87. The Kier molecular flexibility index (Phi) is 9.88. The van der Waals surface area contributed by atoms with E-state index >= 15 is 0 Å². The quantitative estimate of drug-likeness (QED) is 0.585. The van der Waals surface area contributed by atoms with Crippen LogP contribution in [0.2, 0.25) is 0 Å². The standard InChI is InChI=1S/C16H20F4N2.2ClH/c1-2-3-4-15(22-9-7-21-8-10-22)13-11-12(17)5-6-14(13)16(18,19)20;;/h2,5-6,11,15,21H,1,3-4,7-10H2;2*1H/t15-;;/m1../s1. The molecule has 8 heteroatoms. The lowest BCUT2D eigenvalue weighted by atomic mass is 9.94. The molecule has 2 rings (SSSR count). The second-order valence-corrected chi connectivity index (χ2v) is 5.40. The van der Waals surface area contributed by atoms with Crippen molar-refractivity contribution < 1.29 is 17.6 Å². The van der Waals surface area contributed by atoms with Gasteiger partial charge in [0.05, 0.1) is 5.56 Å². The van der Waals surface area contributed by atoms with Crippen LogP contribution in [0.3, 0.4) is 0 Å².